The summed E-state index contributed by atoms with van der Waals surface area (Å²) in [6, 6.07) is 0. The van der Waals surface area contributed by atoms with Crippen LogP contribution in [0.3, 0.4) is 0 Å². The van der Waals surface area contributed by atoms with Crippen molar-refractivity contribution in [3.05, 3.63) is 21.4 Å². The molecule has 106 valence electrons. The zero-order valence-electron chi connectivity index (χ0n) is 11.9. The maximum absolute atomic E-state index is 12.0. The molecule has 0 saturated heterocycles. The Kier molecular flexibility index (Phi) is 3.87. The highest BCUT2D eigenvalue weighted by molar-refractivity contribution is 7.10. The standard InChI is InChI=1S/C14H21NO3S/c1-9(16)5-12-11-7-15(6-10(11)8-19-12)13(17)18-14(2,3)4/h8-9,16H,5-7H2,1-4H3. The SMILES string of the molecule is CC(O)Cc1scc2c1CN(C(=O)OC(C)(C)C)C2. The fraction of sp³-hybridized carbons (Fsp3) is 0.643. The van der Waals surface area contributed by atoms with Gasteiger partial charge in [0.1, 0.15) is 5.60 Å². The number of ether oxygens (including phenoxy) is 1. The number of aliphatic hydroxyl groups is 1. The van der Waals surface area contributed by atoms with E-state index in [9.17, 15) is 9.90 Å². The van der Waals surface area contributed by atoms with E-state index in [2.05, 4.69) is 5.38 Å². The van der Waals surface area contributed by atoms with Gasteiger partial charge >= 0.3 is 6.09 Å². The number of amides is 1. The van der Waals surface area contributed by atoms with Gasteiger partial charge < -0.3 is 9.84 Å². The minimum absolute atomic E-state index is 0.267. The quantitative estimate of drug-likeness (QED) is 0.908. The van der Waals surface area contributed by atoms with E-state index >= 15 is 0 Å². The van der Waals surface area contributed by atoms with E-state index in [0.717, 1.165) is 0 Å². The van der Waals surface area contributed by atoms with Gasteiger partial charge in [-0.1, -0.05) is 0 Å². The molecule has 1 aliphatic heterocycles. The van der Waals surface area contributed by atoms with Crippen molar-refractivity contribution < 1.29 is 14.6 Å². The zero-order chi connectivity index (χ0) is 14.2. The molecule has 0 aromatic carbocycles. The second kappa shape index (κ2) is 5.13. The Labute approximate surface area is 118 Å². The van der Waals surface area contributed by atoms with E-state index in [4.69, 9.17) is 4.74 Å². The molecule has 1 amide bonds. The third kappa shape index (κ3) is 3.48. The van der Waals surface area contributed by atoms with Crippen LogP contribution in [0.2, 0.25) is 0 Å². The van der Waals surface area contributed by atoms with E-state index in [1.807, 2.05) is 20.8 Å². The lowest BCUT2D eigenvalue weighted by Gasteiger charge is -2.24. The highest BCUT2D eigenvalue weighted by atomic mass is 32.1. The molecular formula is C14H21NO3S. The van der Waals surface area contributed by atoms with Gasteiger partial charge in [-0.05, 0) is 44.2 Å². The summed E-state index contributed by atoms with van der Waals surface area (Å²) < 4.78 is 5.38. The van der Waals surface area contributed by atoms with Crippen LogP contribution in [0.1, 0.15) is 43.7 Å². The summed E-state index contributed by atoms with van der Waals surface area (Å²) in [5.74, 6) is 0. The number of hydrogen-bond donors (Lipinski definition) is 1. The molecule has 1 atom stereocenters. The molecule has 2 heterocycles. The van der Waals surface area contributed by atoms with Crippen LogP contribution in [0.4, 0.5) is 4.79 Å². The van der Waals surface area contributed by atoms with Crippen molar-refractivity contribution in [2.24, 2.45) is 0 Å². The molecular weight excluding hydrogens is 262 g/mol. The van der Waals surface area contributed by atoms with Gasteiger partial charge in [0.2, 0.25) is 0 Å². The van der Waals surface area contributed by atoms with Crippen LogP contribution in [-0.2, 0) is 24.2 Å². The van der Waals surface area contributed by atoms with Crippen LogP contribution in [0.15, 0.2) is 5.38 Å². The summed E-state index contributed by atoms with van der Waals surface area (Å²) in [6.45, 7) is 8.60. The van der Waals surface area contributed by atoms with Crippen molar-refractivity contribution >= 4 is 17.4 Å². The lowest BCUT2D eigenvalue weighted by Crippen LogP contribution is -2.33. The molecule has 0 saturated carbocycles. The first-order valence-corrected chi connectivity index (χ1v) is 7.38. The van der Waals surface area contributed by atoms with Gasteiger partial charge in [0.05, 0.1) is 19.2 Å². The average Bonchev–Trinajstić information content (AvgIpc) is 2.77. The van der Waals surface area contributed by atoms with Gasteiger partial charge in [0, 0.05) is 11.3 Å². The summed E-state index contributed by atoms with van der Waals surface area (Å²) in [5, 5.41) is 11.6. The molecule has 0 bridgehead atoms. The average molecular weight is 283 g/mol. The molecule has 0 spiro atoms. The maximum atomic E-state index is 12.0. The van der Waals surface area contributed by atoms with E-state index < -0.39 is 5.60 Å². The Bertz CT molecular complexity index is 474. The summed E-state index contributed by atoms with van der Waals surface area (Å²) in [7, 11) is 0. The molecule has 0 radical (unpaired) electrons. The predicted octanol–water partition coefficient (Wildman–Crippen LogP) is 2.92. The van der Waals surface area contributed by atoms with Crippen molar-refractivity contribution in [1.29, 1.82) is 0 Å². The maximum Gasteiger partial charge on any atom is 0.410 e. The van der Waals surface area contributed by atoms with Crippen LogP contribution in [0, 0.1) is 0 Å². The van der Waals surface area contributed by atoms with E-state index in [-0.39, 0.29) is 12.2 Å². The first kappa shape index (κ1) is 14.3. The topological polar surface area (TPSA) is 49.8 Å². The molecule has 5 heteroatoms. The molecule has 19 heavy (non-hydrogen) atoms. The number of fused-ring (bicyclic) bond motifs is 1. The number of nitrogens with zero attached hydrogens (tertiary/aromatic N) is 1. The second-order valence-electron chi connectivity index (χ2n) is 6.05. The third-order valence-corrected chi connectivity index (χ3v) is 4.01. The number of rotatable bonds is 2. The van der Waals surface area contributed by atoms with Crippen molar-refractivity contribution in [3.8, 4) is 0 Å². The first-order valence-electron chi connectivity index (χ1n) is 6.50. The lowest BCUT2D eigenvalue weighted by atomic mass is 10.1. The summed E-state index contributed by atoms with van der Waals surface area (Å²) in [5.41, 5.74) is 1.91. The molecule has 4 nitrogen and oxygen atoms in total. The molecule has 0 fully saturated rings. The Balaban J connectivity index is 2.04. The van der Waals surface area contributed by atoms with Crippen LogP contribution in [0.5, 0.6) is 0 Å². The Morgan fingerprint density at radius 2 is 2.21 bits per heavy atom. The number of thiophene rings is 1. The summed E-state index contributed by atoms with van der Waals surface area (Å²) in [6.07, 6.45) is 0.0392. The van der Waals surface area contributed by atoms with Gasteiger partial charge in [0.25, 0.3) is 0 Å². The van der Waals surface area contributed by atoms with Crippen molar-refractivity contribution in [2.75, 3.05) is 0 Å². The van der Waals surface area contributed by atoms with E-state index in [1.165, 1.54) is 16.0 Å². The Morgan fingerprint density at radius 1 is 1.53 bits per heavy atom. The van der Waals surface area contributed by atoms with Gasteiger partial charge in [-0.25, -0.2) is 4.79 Å². The molecule has 1 aliphatic rings. The Hall–Kier alpha value is -1.07. The van der Waals surface area contributed by atoms with Crippen LogP contribution < -0.4 is 0 Å². The molecule has 1 unspecified atom stereocenters. The van der Waals surface area contributed by atoms with Gasteiger partial charge in [-0.2, -0.15) is 0 Å². The molecule has 1 aromatic heterocycles. The summed E-state index contributed by atoms with van der Waals surface area (Å²) >= 11 is 1.67. The third-order valence-electron chi connectivity index (χ3n) is 2.91. The smallest absolute Gasteiger partial charge is 0.410 e. The fourth-order valence-electron chi connectivity index (χ4n) is 2.13. The van der Waals surface area contributed by atoms with Crippen LogP contribution in [-0.4, -0.2) is 27.8 Å². The number of carbonyl (C=O) groups excluding carboxylic acids is 1. The van der Waals surface area contributed by atoms with Crippen molar-refractivity contribution in [2.45, 2.75) is 58.9 Å². The largest absolute Gasteiger partial charge is 0.444 e. The van der Waals surface area contributed by atoms with Crippen LogP contribution in [0.25, 0.3) is 0 Å². The van der Waals surface area contributed by atoms with Crippen molar-refractivity contribution in [1.82, 2.24) is 4.90 Å². The fourth-order valence-corrected chi connectivity index (χ4v) is 3.31. The molecule has 0 aliphatic carbocycles. The van der Waals surface area contributed by atoms with Gasteiger partial charge in [0.15, 0.2) is 0 Å². The van der Waals surface area contributed by atoms with E-state index in [0.29, 0.717) is 19.5 Å². The first-order chi connectivity index (χ1) is 8.76. The van der Waals surface area contributed by atoms with Gasteiger partial charge in [-0.15, -0.1) is 11.3 Å². The molecule has 1 N–H and O–H groups in total. The predicted molar refractivity (Wildman–Crippen MR) is 75.2 cm³/mol. The molecule has 2 rings (SSSR count). The number of aliphatic hydroxyl groups excluding tert-OH is 1. The number of hydrogen-bond acceptors (Lipinski definition) is 4. The lowest BCUT2D eigenvalue weighted by molar-refractivity contribution is 0.0241. The minimum atomic E-state index is -0.464. The minimum Gasteiger partial charge on any atom is -0.444 e. The van der Waals surface area contributed by atoms with Gasteiger partial charge in [-0.3, -0.25) is 4.90 Å². The normalized spacial score (nSPS) is 16.4. The highest BCUT2D eigenvalue weighted by Gasteiger charge is 2.30. The molecule has 1 aromatic rings. The highest BCUT2D eigenvalue weighted by Crippen LogP contribution is 2.32. The second-order valence-corrected chi connectivity index (χ2v) is 7.02. The monoisotopic (exact) mass is 283 g/mol. The van der Waals surface area contributed by atoms with Crippen LogP contribution >= 0.6 is 11.3 Å². The van der Waals surface area contributed by atoms with Crippen molar-refractivity contribution in [3.63, 3.8) is 0 Å². The summed E-state index contributed by atoms with van der Waals surface area (Å²) in [4.78, 5) is 14.9. The zero-order valence-corrected chi connectivity index (χ0v) is 12.7. The van der Waals surface area contributed by atoms with E-state index in [1.54, 1.807) is 23.2 Å². The number of carbonyl (C=O) groups is 1. The Morgan fingerprint density at radius 3 is 2.79 bits per heavy atom.